The van der Waals surface area contributed by atoms with Crippen LogP contribution in [0.5, 0.6) is 11.5 Å². The van der Waals surface area contributed by atoms with Crippen molar-refractivity contribution in [1.29, 1.82) is 0 Å². The number of nitrogens with zero attached hydrogens (tertiary/aromatic N) is 5. The molecule has 0 aliphatic carbocycles. The summed E-state index contributed by atoms with van der Waals surface area (Å²) in [5.41, 5.74) is 2.64. The minimum absolute atomic E-state index is 0. The number of hydrogen-bond acceptors (Lipinski definition) is 6. The lowest BCUT2D eigenvalue weighted by Crippen LogP contribution is -2.57. The van der Waals surface area contributed by atoms with Crippen molar-refractivity contribution < 1.29 is 14.3 Å². The molecule has 3 heterocycles. The summed E-state index contributed by atoms with van der Waals surface area (Å²) in [6, 6.07) is 20.2. The van der Waals surface area contributed by atoms with Crippen molar-refractivity contribution in [2.75, 3.05) is 53.0 Å². The molecular formula is C33H38Cl3N5O3. The number of carbonyl (C=O) groups is 1. The Morgan fingerprint density at radius 2 is 1.43 bits per heavy atom. The summed E-state index contributed by atoms with van der Waals surface area (Å²) in [4.78, 5) is 23.8. The average Bonchev–Trinajstić information content (AvgIpc) is 3.71. The van der Waals surface area contributed by atoms with Crippen LogP contribution < -0.4 is 9.47 Å². The molecule has 0 saturated carbocycles. The van der Waals surface area contributed by atoms with Crippen LogP contribution in [0.15, 0.2) is 71.7 Å². The number of amidine groups is 1. The summed E-state index contributed by atoms with van der Waals surface area (Å²) < 4.78 is 11.6. The van der Waals surface area contributed by atoms with Gasteiger partial charge >= 0.3 is 6.03 Å². The second kappa shape index (κ2) is 14.4. The molecule has 0 aromatic heterocycles. The van der Waals surface area contributed by atoms with Crippen LogP contribution in [0.3, 0.4) is 0 Å². The van der Waals surface area contributed by atoms with E-state index in [2.05, 4.69) is 10.0 Å². The third-order valence-corrected chi connectivity index (χ3v) is 8.94. The van der Waals surface area contributed by atoms with Gasteiger partial charge in [-0.05, 0) is 67.3 Å². The molecule has 3 aromatic carbocycles. The lowest BCUT2D eigenvalue weighted by molar-refractivity contribution is -0.0341. The van der Waals surface area contributed by atoms with E-state index in [4.69, 9.17) is 37.7 Å². The van der Waals surface area contributed by atoms with Crippen LogP contribution in [0.4, 0.5) is 4.79 Å². The van der Waals surface area contributed by atoms with Gasteiger partial charge in [0.2, 0.25) is 0 Å². The number of hydrazine groups is 1. The Labute approximate surface area is 275 Å². The maximum atomic E-state index is 14.7. The van der Waals surface area contributed by atoms with Crippen LogP contribution in [0.1, 0.15) is 48.5 Å². The van der Waals surface area contributed by atoms with E-state index in [-0.39, 0.29) is 24.5 Å². The van der Waals surface area contributed by atoms with E-state index in [1.165, 1.54) is 12.8 Å². The van der Waals surface area contributed by atoms with Crippen molar-refractivity contribution in [3.63, 3.8) is 0 Å². The molecule has 0 radical (unpaired) electrons. The maximum absolute atomic E-state index is 14.7. The molecule has 2 fully saturated rings. The lowest BCUT2D eigenvalue weighted by atomic mass is 9.93. The van der Waals surface area contributed by atoms with Crippen molar-refractivity contribution in [3.05, 3.63) is 93.5 Å². The molecule has 44 heavy (non-hydrogen) atoms. The standard InChI is InChI=1S/C33H37Cl2N5O3.ClH/c1-3-43-29-22-27(42-2)14-15-28(29)32-36-30(23-6-10-25(34)11-7-23)31(24-8-12-26(35)13-9-24)40(32)33(41)37-18-20-39(21-19-37)38-16-4-5-17-38;/h6-15,22,30-31H,3-5,16-21H2,1-2H3;1H. The van der Waals surface area contributed by atoms with E-state index in [0.29, 0.717) is 47.1 Å². The van der Waals surface area contributed by atoms with E-state index < -0.39 is 6.04 Å². The lowest BCUT2D eigenvalue weighted by Gasteiger charge is -2.41. The molecule has 3 aliphatic heterocycles. The van der Waals surface area contributed by atoms with Gasteiger partial charge in [0.05, 0.1) is 25.3 Å². The van der Waals surface area contributed by atoms with Gasteiger partial charge in [-0.25, -0.2) is 14.8 Å². The number of piperazine rings is 1. The Morgan fingerprint density at radius 1 is 0.841 bits per heavy atom. The minimum atomic E-state index is -0.408. The summed E-state index contributed by atoms with van der Waals surface area (Å²) in [5, 5.41) is 6.12. The molecule has 6 rings (SSSR count). The fraction of sp³-hybridized carbons (Fsp3) is 0.394. The number of hydrogen-bond donors (Lipinski definition) is 0. The highest BCUT2D eigenvalue weighted by Gasteiger charge is 2.45. The number of halogens is 3. The van der Waals surface area contributed by atoms with Crippen LogP contribution in [-0.2, 0) is 0 Å². The van der Waals surface area contributed by atoms with Crippen molar-refractivity contribution in [3.8, 4) is 11.5 Å². The molecule has 234 valence electrons. The largest absolute Gasteiger partial charge is 0.497 e. The first-order chi connectivity index (χ1) is 21.0. The predicted molar refractivity (Wildman–Crippen MR) is 178 cm³/mol. The SMILES string of the molecule is CCOc1cc(OC)ccc1C1=NC(c2ccc(Cl)cc2)C(c2ccc(Cl)cc2)N1C(=O)N1CCN(N2CCCC2)CC1.Cl. The van der Waals surface area contributed by atoms with E-state index >= 15 is 0 Å². The van der Waals surface area contributed by atoms with E-state index in [1.54, 1.807) is 7.11 Å². The Balaban J connectivity index is 0.00000384. The monoisotopic (exact) mass is 657 g/mol. The van der Waals surface area contributed by atoms with Gasteiger partial charge in [-0.15, -0.1) is 12.4 Å². The zero-order chi connectivity index (χ0) is 29.9. The molecule has 2 saturated heterocycles. The summed E-state index contributed by atoms with van der Waals surface area (Å²) >= 11 is 12.6. The first kappa shape index (κ1) is 32.4. The number of amides is 2. The summed E-state index contributed by atoms with van der Waals surface area (Å²) in [5.74, 6) is 1.85. The van der Waals surface area contributed by atoms with Crippen LogP contribution in [0.25, 0.3) is 0 Å². The van der Waals surface area contributed by atoms with Gasteiger partial charge in [-0.1, -0.05) is 47.5 Å². The van der Waals surface area contributed by atoms with Gasteiger partial charge < -0.3 is 14.4 Å². The van der Waals surface area contributed by atoms with Crippen molar-refractivity contribution >= 4 is 47.5 Å². The number of ether oxygens (including phenoxy) is 2. The maximum Gasteiger partial charge on any atom is 0.326 e. The van der Waals surface area contributed by atoms with E-state index in [9.17, 15) is 4.79 Å². The molecule has 11 heteroatoms. The second-order valence-corrected chi connectivity index (χ2v) is 11.9. The van der Waals surface area contributed by atoms with Crippen molar-refractivity contribution in [2.24, 2.45) is 4.99 Å². The number of methoxy groups -OCH3 is 1. The van der Waals surface area contributed by atoms with Gasteiger partial charge in [0.25, 0.3) is 0 Å². The Kier molecular flexibility index (Phi) is 10.6. The van der Waals surface area contributed by atoms with Gasteiger partial charge in [0.15, 0.2) is 0 Å². The highest BCUT2D eigenvalue weighted by atomic mass is 35.5. The third kappa shape index (κ3) is 6.65. The molecule has 3 aliphatic rings. The highest BCUT2D eigenvalue weighted by Crippen LogP contribution is 2.46. The van der Waals surface area contributed by atoms with Gasteiger partial charge in [-0.3, -0.25) is 9.89 Å². The van der Waals surface area contributed by atoms with Gasteiger partial charge in [0, 0.05) is 55.4 Å². The molecule has 0 bridgehead atoms. The second-order valence-electron chi connectivity index (χ2n) is 11.0. The Hall–Kier alpha value is -3.01. The fourth-order valence-corrected chi connectivity index (χ4v) is 6.50. The molecule has 2 atom stereocenters. The number of urea groups is 1. The van der Waals surface area contributed by atoms with E-state index in [0.717, 1.165) is 42.9 Å². The molecule has 3 aromatic rings. The molecule has 2 amide bonds. The molecule has 0 N–H and O–H groups in total. The number of aliphatic imine (C=N–C) groups is 1. The summed E-state index contributed by atoms with van der Waals surface area (Å²) in [7, 11) is 1.63. The quantitative estimate of drug-likeness (QED) is 0.271. The Morgan fingerprint density at radius 3 is 2.02 bits per heavy atom. The first-order valence-electron chi connectivity index (χ1n) is 14.9. The number of carbonyl (C=O) groups excluding carboxylic acids is 1. The number of rotatable bonds is 7. The molecular weight excluding hydrogens is 621 g/mol. The number of benzene rings is 3. The minimum Gasteiger partial charge on any atom is -0.497 e. The molecule has 2 unspecified atom stereocenters. The van der Waals surface area contributed by atoms with Crippen LogP contribution in [-0.4, -0.2) is 84.7 Å². The topological polar surface area (TPSA) is 60.9 Å². The molecule has 0 spiro atoms. The normalized spacial score (nSPS) is 20.8. The highest BCUT2D eigenvalue weighted by molar-refractivity contribution is 6.30. The van der Waals surface area contributed by atoms with Gasteiger partial charge in [-0.2, -0.15) is 0 Å². The van der Waals surface area contributed by atoms with Crippen LogP contribution in [0.2, 0.25) is 10.0 Å². The zero-order valence-electron chi connectivity index (χ0n) is 25.0. The van der Waals surface area contributed by atoms with Crippen molar-refractivity contribution in [1.82, 2.24) is 19.8 Å². The zero-order valence-corrected chi connectivity index (χ0v) is 27.3. The third-order valence-electron chi connectivity index (χ3n) is 8.43. The fourth-order valence-electron chi connectivity index (χ4n) is 6.25. The van der Waals surface area contributed by atoms with E-state index in [1.807, 2.05) is 83.5 Å². The van der Waals surface area contributed by atoms with Crippen LogP contribution in [0, 0.1) is 0 Å². The van der Waals surface area contributed by atoms with Crippen molar-refractivity contribution in [2.45, 2.75) is 31.8 Å². The summed E-state index contributed by atoms with van der Waals surface area (Å²) in [6.07, 6.45) is 2.46. The predicted octanol–water partition coefficient (Wildman–Crippen LogP) is 7.12. The van der Waals surface area contributed by atoms with Crippen LogP contribution >= 0.6 is 35.6 Å². The summed E-state index contributed by atoms with van der Waals surface area (Å²) in [6.45, 7) is 7.48. The average molecular weight is 659 g/mol. The first-order valence-corrected chi connectivity index (χ1v) is 15.7. The Bertz CT molecular complexity index is 1460. The smallest absolute Gasteiger partial charge is 0.326 e. The molecule has 8 nitrogen and oxygen atoms in total. The van der Waals surface area contributed by atoms with Gasteiger partial charge in [0.1, 0.15) is 23.4 Å².